The Labute approximate surface area is 143 Å². The Morgan fingerprint density at radius 1 is 1.38 bits per heavy atom. The van der Waals surface area contributed by atoms with Gasteiger partial charge >= 0.3 is 0 Å². The molecule has 0 fully saturated rings. The summed E-state index contributed by atoms with van der Waals surface area (Å²) in [6.45, 7) is 4.78. The summed E-state index contributed by atoms with van der Waals surface area (Å²) in [5.74, 6) is 1.37. The van der Waals surface area contributed by atoms with Gasteiger partial charge < -0.3 is 9.42 Å². The van der Waals surface area contributed by atoms with E-state index in [4.69, 9.17) is 4.52 Å². The molecule has 3 rings (SSSR count). The molecule has 2 aromatic rings. The number of para-hydroxylation sites is 1. The van der Waals surface area contributed by atoms with Gasteiger partial charge in [-0.15, -0.1) is 0 Å². The van der Waals surface area contributed by atoms with Crippen LogP contribution >= 0.6 is 0 Å². The van der Waals surface area contributed by atoms with Gasteiger partial charge in [0.2, 0.25) is 11.8 Å². The molecule has 0 N–H and O–H groups in total. The van der Waals surface area contributed by atoms with E-state index in [-0.39, 0.29) is 17.4 Å². The van der Waals surface area contributed by atoms with E-state index in [0.29, 0.717) is 30.6 Å². The molecule has 0 saturated heterocycles. The second-order valence-corrected chi connectivity index (χ2v) is 7.81. The van der Waals surface area contributed by atoms with Crippen LogP contribution in [-0.2, 0) is 34.2 Å². The van der Waals surface area contributed by atoms with Crippen molar-refractivity contribution in [1.29, 1.82) is 0 Å². The molecule has 1 aliphatic rings. The van der Waals surface area contributed by atoms with Gasteiger partial charge in [-0.25, -0.2) is 0 Å². The second kappa shape index (κ2) is 7.25. The van der Waals surface area contributed by atoms with Crippen molar-refractivity contribution in [3.63, 3.8) is 0 Å². The van der Waals surface area contributed by atoms with Gasteiger partial charge in [0.05, 0.1) is 5.75 Å². The van der Waals surface area contributed by atoms with Crippen molar-refractivity contribution in [2.24, 2.45) is 5.92 Å². The van der Waals surface area contributed by atoms with E-state index in [0.717, 1.165) is 17.7 Å². The van der Waals surface area contributed by atoms with Crippen molar-refractivity contribution in [3.8, 4) is 0 Å². The van der Waals surface area contributed by atoms with E-state index in [1.54, 1.807) is 4.90 Å². The SMILES string of the molecule is CC(C)Cc1nc(C[S@](=O)CC(=O)N2CCc3ccccc32)no1. The van der Waals surface area contributed by atoms with Crippen molar-refractivity contribution in [2.75, 3.05) is 17.2 Å². The molecule has 0 radical (unpaired) electrons. The predicted molar refractivity (Wildman–Crippen MR) is 92.1 cm³/mol. The number of rotatable bonds is 6. The van der Waals surface area contributed by atoms with Crippen LogP contribution in [-0.4, -0.2) is 32.6 Å². The molecule has 0 spiro atoms. The average Bonchev–Trinajstić information content (AvgIpc) is 3.13. The molecule has 1 atom stereocenters. The van der Waals surface area contributed by atoms with Crippen LogP contribution in [0.2, 0.25) is 0 Å². The molecule has 0 aliphatic carbocycles. The fourth-order valence-electron chi connectivity index (χ4n) is 2.79. The van der Waals surface area contributed by atoms with Gasteiger partial charge in [-0.1, -0.05) is 37.2 Å². The first kappa shape index (κ1) is 16.8. The van der Waals surface area contributed by atoms with Crippen molar-refractivity contribution >= 4 is 22.4 Å². The van der Waals surface area contributed by atoms with Crippen LogP contribution < -0.4 is 4.90 Å². The summed E-state index contributed by atoms with van der Waals surface area (Å²) in [6.07, 6.45) is 1.54. The Bertz CT molecular complexity index is 757. The zero-order chi connectivity index (χ0) is 17.1. The normalized spacial score (nSPS) is 14.9. The smallest absolute Gasteiger partial charge is 0.239 e. The maximum Gasteiger partial charge on any atom is 0.239 e. The topological polar surface area (TPSA) is 76.3 Å². The Kier molecular flexibility index (Phi) is 5.08. The van der Waals surface area contributed by atoms with Gasteiger partial charge in [0, 0.05) is 29.5 Å². The molecule has 0 saturated carbocycles. The van der Waals surface area contributed by atoms with E-state index < -0.39 is 10.8 Å². The Balaban J connectivity index is 1.57. The van der Waals surface area contributed by atoms with Crippen LogP contribution in [0.3, 0.4) is 0 Å². The number of aromatic nitrogens is 2. The first-order chi connectivity index (χ1) is 11.5. The number of benzene rings is 1. The molecule has 1 aromatic carbocycles. The number of hydrogen-bond donors (Lipinski definition) is 0. The molecular weight excluding hydrogens is 326 g/mol. The molecule has 2 heterocycles. The van der Waals surface area contributed by atoms with Crippen LogP contribution in [0.15, 0.2) is 28.8 Å². The van der Waals surface area contributed by atoms with E-state index in [1.807, 2.05) is 24.3 Å². The predicted octanol–water partition coefficient (Wildman–Crippen LogP) is 2.11. The number of carbonyl (C=O) groups excluding carboxylic acids is 1. The zero-order valence-corrected chi connectivity index (χ0v) is 14.7. The summed E-state index contributed by atoms with van der Waals surface area (Å²) < 4.78 is 17.4. The van der Waals surface area contributed by atoms with Crippen LogP contribution in [0, 0.1) is 5.92 Å². The Morgan fingerprint density at radius 2 is 2.17 bits per heavy atom. The van der Waals surface area contributed by atoms with Crippen molar-refractivity contribution < 1.29 is 13.5 Å². The molecule has 1 aromatic heterocycles. The minimum atomic E-state index is -1.35. The molecule has 0 bridgehead atoms. The number of anilines is 1. The standard InChI is InChI=1S/C17H21N3O3S/c1-12(2)9-16-18-15(19-23-16)10-24(22)11-17(21)20-8-7-13-5-3-4-6-14(13)20/h3-6,12H,7-11H2,1-2H3/t24-/m0/s1. The van der Waals surface area contributed by atoms with E-state index in [1.165, 1.54) is 0 Å². The highest BCUT2D eigenvalue weighted by Gasteiger charge is 2.25. The van der Waals surface area contributed by atoms with Crippen LogP contribution in [0.1, 0.15) is 31.1 Å². The summed E-state index contributed by atoms with van der Waals surface area (Å²) >= 11 is 0. The number of hydrogen-bond acceptors (Lipinski definition) is 5. The minimum Gasteiger partial charge on any atom is -0.339 e. The molecule has 0 unspecified atom stereocenters. The number of nitrogens with zero attached hydrogens (tertiary/aromatic N) is 3. The van der Waals surface area contributed by atoms with Gasteiger partial charge in [0.25, 0.3) is 0 Å². The third-order valence-electron chi connectivity index (χ3n) is 3.86. The van der Waals surface area contributed by atoms with Crippen molar-refractivity contribution in [3.05, 3.63) is 41.5 Å². The third-order valence-corrected chi connectivity index (χ3v) is 5.00. The molecular formula is C17H21N3O3S. The van der Waals surface area contributed by atoms with E-state index in [9.17, 15) is 9.00 Å². The number of amides is 1. The number of fused-ring (bicyclic) bond motifs is 1. The lowest BCUT2D eigenvalue weighted by Gasteiger charge is -2.16. The van der Waals surface area contributed by atoms with Crippen LogP contribution in [0.5, 0.6) is 0 Å². The molecule has 1 aliphatic heterocycles. The summed E-state index contributed by atoms with van der Waals surface area (Å²) in [6, 6.07) is 7.84. The summed E-state index contributed by atoms with van der Waals surface area (Å²) in [4.78, 5) is 18.4. The maximum absolute atomic E-state index is 12.4. The van der Waals surface area contributed by atoms with E-state index in [2.05, 4.69) is 24.0 Å². The maximum atomic E-state index is 12.4. The van der Waals surface area contributed by atoms with E-state index >= 15 is 0 Å². The van der Waals surface area contributed by atoms with Gasteiger partial charge in [0.1, 0.15) is 5.75 Å². The highest BCUT2D eigenvalue weighted by molar-refractivity contribution is 7.84. The first-order valence-electron chi connectivity index (χ1n) is 8.07. The number of carbonyl (C=O) groups is 1. The van der Waals surface area contributed by atoms with Crippen molar-refractivity contribution in [1.82, 2.24) is 10.1 Å². The molecule has 7 heteroatoms. The lowest BCUT2D eigenvalue weighted by molar-refractivity contribution is -0.116. The minimum absolute atomic E-state index is 0.0254. The lowest BCUT2D eigenvalue weighted by atomic mass is 10.1. The Hall–Kier alpha value is -2.02. The third kappa shape index (κ3) is 3.90. The summed E-state index contributed by atoms with van der Waals surface area (Å²) in [7, 11) is -1.35. The highest BCUT2D eigenvalue weighted by atomic mass is 32.2. The fourth-order valence-corrected chi connectivity index (χ4v) is 3.73. The van der Waals surface area contributed by atoms with Crippen LogP contribution in [0.4, 0.5) is 5.69 Å². The monoisotopic (exact) mass is 347 g/mol. The van der Waals surface area contributed by atoms with Crippen LogP contribution in [0.25, 0.3) is 0 Å². The van der Waals surface area contributed by atoms with Gasteiger partial charge in [0.15, 0.2) is 5.82 Å². The molecule has 6 nitrogen and oxygen atoms in total. The molecule has 128 valence electrons. The highest BCUT2D eigenvalue weighted by Crippen LogP contribution is 2.27. The first-order valence-corrected chi connectivity index (χ1v) is 9.56. The second-order valence-electron chi connectivity index (χ2n) is 6.35. The average molecular weight is 347 g/mol. The Morgan fingerprint density at radius 3 is 2.96 bits per heavy atom. The fraction of sp³-hybridized carbons (Fsp3) is 0.471. The molecule has 1 amide bonds. The zero-order valence-electron chi connectivity index (χ0n) is 13.9. The van der Waals surface area contributed by atoms with Crippen molar-refractivity contribution in [2.45, 2.75) is 32.4 Å². The van der Waals surface area contributed by atoms with Gasteiger partial charge in [-0.3, -0.25) is 9.00 Å². The van der Waals surface area contributed by atoms with Gasteiger partial charge in [-0.05, 0) is 24.0 Å². The lowest BCUT2D eigenvalue weighted by Crippen LogP contribution is -2.33. The van der Waals surface area contributed by atoms with Gasteiger partial charge in [-0.2, -0.15) is 4.98 Å². The summed E-state index contributed by atoms with van der Waals surface area (Å²) in [5, 5.41) is 3.85. The quantitative estimate of drug-likeness (QED) is 0.800. The summed E-state index contributed by atoms with van der Waals surface area (Å²) in [5.41, 5.74) is 2.09. The largest absolute Gasteiger partial charge is 0.339 e. The molecule has 24 heavy (non-hydrogen) atoms.